The number of carbonyl (C=O) groups is 2. The summed E-state index contributed by atoms with van der Waals surface area (Å²) in [4.78, 5) is 25.8. The molecule has 0 bridgehead atoms. The Labute approximate surface area is 175 Å². The zero-order valence-corrected chi connectivity index (χ0v) is 17.4. The quantitative estimate of drug-likeness (QED) is 0.734. The number of sulfonamides is 1. The van der Waals surface area contributed by atoms with E-state index in [0.717, 1.165) is 17.6 Å². The summed E-state index contributed by atoms with van der Waals surface area (Å²) in [6.07, 6.45) is 5.88. The first-order valence-corrected chi connectivity index (χ1v) is 11.4. The molecule has 0 spiro atoms. The summed E-state index contributed by atoms with van der Waals surface area (Å²) in [5, 5.41) is 9.31. The summed E-state index contributed by atoms with van der Waals surface area (Å²) in [5.41, 5.74) is 2.38. The fourth-order valence-electron chi connectivity index (χ4n) is 4.19. The van der Waals surface area contributed by atoms with Crippen molar-refractivity contribution in [1.82, 2.24) is 9.62 Å². The molecule has 4 rings (SSSR count). The Morgan fingerprint density at radius 3 is 2.90 bits per heavy atom. The van der Waals surface area contributed by atoms with Gasteiger partial charge in [-0.05, 0) is 60.6 Å². The zero-order valence-electron chi connectivity index (χ0n) is 16.6. The number of carbonyl (C=O) groups excluding carboxylic acids is 1. The number of hydrogen-bond acceptors (Lipinski definition) is 5. The number of carboxylic acids is 1. The summed E-state index contributed by atoms with van der Waals surface area (Å²) >= 11 is 0. The molecule has 0 radical (unpaired) electrons. The van der Waals surface area contributed by atoms with E-state index in [1.807, 2.05) is 13.0 Å². The molecule has 0 saturated heterocycles. The molecule has 160 valence electrons. The maximum absolute atomic E-state index is 13.2. The number of nitrogens with one attached hydrogen (secondary N) is 1. The molecule has 8 nitrogen and oxygen atoms in total. The van der Waals surface area contributed by atoms with Gasteiger partial charge in [0.05, 0.1) is 11.5 Å². The van der Waals surface area contributed by atoms with Crippen LogP contribution in [0.15, 0.2) is 46.5 Å². The third-order valence-electron chi connectivity index (χ3n) is 5.66. The van der Waals surface area contributed by atoms with Gasteiger partial charge in [-0.2, -0.15) is 4.72 Å². The van der Waals surface area contributed by atoms with Gasteiger partial charge < -0.3 is 9.84 Å². The number of benzene rings is 1. The number of allylic oxidation sites excluding steroid dienone is 3. The number of fused-ring (bicyclic) bond motifs is 1. The van der Waals surface area contributed by atoms with E-state index >= 15 is 0 Å². The van der Waals surface area contributed by atoms with Crippen molar-refractivity contribution in [3.8, 4) is 5.75 Å². The summed E-state index contributed by atoms with van der Waals surface area (Å²) < 4.78 is 33.9. The third kappa shape index (κ3) is 3.99. The molecule has 2 aliphatic heterocycles. The first-order chi connectivity index (χ1) is 14.2. The van der Waals surface area contributed by atoms with Crippen LogP contribution >= 0.6 is 0 Å². The average Bonchev–Trinajstić information content (AvgIpc) is 3.12. The number of nitrogens with zero attached hydrogens (tertiary/aromatic N) is 1. The highest BCUT2D eigenvalue weighted by Crippen LogP contribution is 2.33. The summed E-state index contributed by atoms with van der Waals surface area (Å²) in [5.74, 6) is -0.740. The molecule has 2 atom stereocenters. The molecule has 0 aromatic heterocycles. The molecule has 1 unspecified atom stereocenters. The van der Waals surface area contributed by atoms with E-state index in [4.69, 9.17) is 4.74 Å². The van der Waals surface area contributed by atoms with E-state index in [9.17, 15) is 23.1 Å². The van der Waals surface area contributed by atoms with Crippen LogP contribution in [-0.2, 0) is 26.0 Å². The molecular weight excluding hydrogens is 408 g/mol. The van der Waals surface area contributed by atoms with Crippen LogP contribution in [0.4, 0.5) is 0 Å². The van der Waals surface area contributed by atoms with Crippen molar-refractivity contribution < 1.29 is 27.9 Å². The predicted molar refractivity (Wildman–Crippen MR) is 108 cm³/mol. The van der Waals surface area contributed by atoms with Crippen molar-refractivity contribution in [2.75, 3.05) is 13.2 Å². The van der Waals surface area contributed by atoms with E-state index < -0.39 is 34.5 Å². The molecule has 2 N–H and O–H groups in total. The largest absolute Gasteiger partial charge is 0.493 e. The summed E-state index contributed by atoms with van der Waals surface area (Å²) in [6.45, 7) is 2.05. The molecule has 1 aliphatic carbocycles. The van der Waals surface area contributed by atoms with Gasteiger partial charge in [-0.25, -0.2) is 8.42 Å². The maximum atomic E-state index is 13.2. The standard InChI is InChI=1S/C21H24N2O6S/c1-13-2-6-18-14(10-13)3-5-17(21(26)23(18)12-20(24)25)22-30(27,28)16-4-7-19-15(11-16)8-9-29-19/h2,4,6-7,11,13,17,22H,3,5,8-10,12H2,1H3,(H,24,25)/t13?,17-/m0/s1. The molecule has 2 heterocycles. The Morgan fingerprint density at radius 2 is 2.13 bits per heavy atom. The number of rotatable bonds is 5. The van der Waals surface area contributed by atoms with Gasteiger partial charge in [0.25, 0.3) is 0 Å². The lowest BCUT2D eigenvalue weighted by molar-refractivity contribution is -0.143. The van der Waals surface area contributed by atoms with Crippen LogP contribution in [0.3, 0.4) is 0 Å². The normalized spacial score (nSPS) is 23.6. The minimum atomic E-state index is -3.96. The first-order valence-electron chi connectivity index (χ1n) is 9.96. The maximum Gasteiger partial charge on any atom is 0.323 e. The number of amides is 1. The second-order valence-electron chi connectivity index (χ2n) is 7.93. The van der Waals surface area contributed by atoms with E-state index in [1.54, 1.807) is 18.2 Å². The van der Waals surface area contributed by atoms with Gasteiger partial charge in [0, 0.05) is 12.1 Å². The fraction of sp³-hybridized carbons (Fsp3) is 0.429. The smallest absolute Gasteiger partial charge is 0.323 e. The SMILES string of the molecule is CC1C=CC2=C(CC[C@H](NS(=O)(=O)c3ccc4c(c3)CCO4)C(=O)N2CC(=O)O)C1. The van der Waals surface area contributed by atoms with Crippen LogP contribution in [0.5, 0.6) is 5.75 Å². The lowest BCUT2D eigenvalue weighted by atomic mass is 9.91. The molecule has 1 amide bonds. The number of hydrogen-bond donors (Lipinski definition) is 2. The van der Waals surface area contributed by atoms with Crippen LogP contribution < -0.4 is 9.46 Å². The van der Waals surface area contributed by atoms with Gasteiger partial charge in [0.15, 0.2) is 0 Å². The molecule has 0 fully saturated rings. The monoisotopic (exact) mass is 432 g/mol. The molecule has 9 heteroatoms. The van der Waals surface area contributed by atoms with Crippen molar-refractivity contribution in [3.05, 3.63) is 47.2 Å². The molecule has 3 aliphatic rings. The van der Waals surface area contributed by atoms with E-state index in [2.05, 4.69) is 4.72 Å². The Morgan fingerprint density at radius 1 is 1.33 bits per heavy atom. The number of aliphatic carboxylic acids is 1. The molecule has 1 aromatic rings. The highest BCUT2D eigenvalue weighted by Gasteiger charge is 2.36. The van der Waals surface area contributed by atoms with Gasteiger partial charge in [0.1, 0.15) is 18.3 Å². The van der Waals surface area contributed by atoms with Crippen molar-refractivity contribution >= 4 is 21.9 Å². The number of ether oxygens (including phenoxy) is 1. The molecule has 1 aromatic carbocycles. The molecular formula is C21H24N2O6S. The molecule has 30 heavy (non-hydrogen) atoms. The number of carboxylic acid groups (broad SMARTS) is 1. The van der Waals surface area contributed by atoms with Gasteiger partial charge >= 0.3 is 5.97 Å². The first kappa shape index (κ1) is 20.6. The van der Waals surface area contributed by atoms with Crippen molar-refractivity contribution in [1.29, 1.82) is 0 Å². The second-order valence-corrected chi connectivity index (χ2v) is 9.64. The van der Waals surface area contributed by atoms with Crippen molar-refractivity contribution in [2.24, 2.45) is 5.92 Å². The van der Waals surface area contributed by atoms with Crippen molar-refractivity contribution in [2.45, 2.75) is 43.5 Å². The van der Waals surface area contributed by atoms with Gasteiger partial charge in [-0.15, -0.1) is 0 Å². The Hall–Kier alpha value is -2.65. The Bertz CT molecular complexity index is 1060. The van der Waals surface area contributed by atoms with Crippen LogP contribution in [0, 0.1) is 5.92 Å². The van der Waals surface area contributed by atoms with E-state index in [0.29, 0.717) is 30.9 Å². The Kier molecular flexibility index (Phi) is 5.42. The highest BCUT2D eigenvalue weighted by atomic mass is 32.2. The lowest BCUT2D eigenvalue weighted by Crippen LogP contribution is -2.48. The lowest BCUT2D eigenvalue weighted by Gasteiger charge is -2.27. The predicted octanol–water partition coefficient (Wildman–Crippen LogP) is 1.83. The minimum Gasteiger partial charge on any atom is -0.493 e. The minimum absolute atomic E-state index is 0.0693. The van der Waals surface area contributed by atoms with Crippen molar-refractivity contribution in [3.63, 3.8) is 0 Å². The molecule has 0 saturated carbocycles. The van der Waals surface area contributed by atoms with Gasteiger partial charge in [-0.1, -0.05) is 13.0 Å². The summed E-state index contributed by atoms with van der Waals surface area (Å²) in [7, 11) is -3.96. The van der Waals surface area contributed by atoms with Gasteiger partial charge in [-0.3, -0.25) is 14.5 Å². The van der Waals surface area contributed by atoms with Crippen LogP contribution in [-0.4, -0.2) is 49.5 Å². The van der Waals surface area contributed by atoms with Crippen LogP contribution in [0.2, 0.25) is 0 Å². The summed E-state index contributed by atoms with van der Waals surface area (Å²) in [6, 6.07) is 3.60. The third-order valence-corrected chi connectivity index (χ3v) is 7.13. The van der Waals surface area contributed by atoms with E-state index in [1.165, 1.54) is 11.0 Å². The topological polar surface area (TPSA) is 113 Å². The van der Waals surface area contributed by atoms with Gasteiger partial charge in [0.2, 0.25) is 15.9 Å². The average molecular weight is 432 g/mol. The second kappa shape index (κ2) is 7.88. The highest BCUT2D eigenvalue weighted by molar-refractivity contribution is 7.89. The van der Waals surface area contributed by atoms with Crippen LogP contribution in [0.25, 0.3) is 0 Å². The zero-order chi connectivity index (χ0) is 21.5. The van der Waals surface area contributed by atoms with E-state index in [-0.39, 0.29) is 17.2 Å². The fourth-order valence-corrected chi connectivity index (χ4v) is 5.46. The Balaban J connectivity index is 1.61. The van der Waals surface area contributed by atoms with Crippen LogP contribution in [0.1, 0.15) is 31.7 Å².